The number of amides is 1. The second-order valence-electron chi connectivity index (χ2n) is 7.13. The number of likely N-dealkylation sites (tertiary alicyclic amines) is 1. The number of esters is 1. The zero-order chi connectivity index (χ0) is 20.8. The lowest BCUT2D eigenvalue weighted by atomic mass is 10.1. The van der Waals surface area contributed by atoms with Crippen LogP contribution in [0.25, 0.3) is 0 Å². The lowest BCUT2D eigenvalue weighted by molar-refractivity contribution is -0.119. The van der Waals surface area contributed by atoms with Crippen molar-refractivity contribution in [3.63, 3.8) is 0 Å². The first-order valence-corrected chi connectivity index (χ1v) is 9.56. The minimum atomic E-state index is -1.58. The molecule has 0 saturated carbocycles. The molecule has 1 aliphatic heterocycles. The van der Waals surface area contributed by atoms with Gasteiger partial charge in [0.2, 0.25) is 5.91 Å². The molecule has 1 fully saturated rings. The Morgan fingerprint density at radius 3 is 2.31 bits per heavy atom. The molecule has 1 aliphatic rings. The van der Waals surface area contributed by atoms with Crippen molar-refractivity contribution in [3.8, 4) is 0 Å². The first-order chi connectivity index (χ1) is 14.0. The Hall–Kier alpha value is -2.77. The molecule has 2 N–H and O–H groups in total. The molecule has 29 heavy (non-hydrogen) atoms. The first kappa shape index (κ1) is 21.0. The van der Waals surface area contributed by atoms with Crippen LogP contribution in [0, 0.1) is 0 Å². The van der Waals surface area contributed by atoms with Crippen molar-refractivity contribution in [1.82, 2.24) is 10.2 Å². The average molecular weight is 400 g/mol. The molecule has 1 amide bonds. The minimum Gasteiger partial charge on any atom is -0.460 e. The van der Waals surface area contributed by atoms with Crippen LogP contribution in [-0.2, 0) is 16.1 Å². The zero-order valence-electron chi connectivity index (χ0n) is 16.2. The smallest absolute Gasteiger partial charge is 0.338 e. The van der Waals surface area contributed by atoms with E-state index < -0.39 is 30.3 Å². The summed E-state index contributed by atoms with van der Waals surface area (Å²) >= 11 is 0. The Labute approximate surface area is 169 Å². The van der Waals surface area contributed by atoms with Gasteiger partial charge in [0, 0.05) is 20.0 Å². The first-order valence-electron chi connectivity index (χ1n) is 9.56. The number of ether oxygens (including phenoxy) is 1. The van der Waals surface area contributed by atoms with Gasteiger partial charge in [0.1, 0.15) is 18.9 Å². The maximum absolute atomic E-state index is 14.9. The summed E-state index contributed by atoms with van der Waals surface area (Å²) in [5.41, 5.74) is 1.32. The molecule has 0 aliphatic carbocycles. The van der Waals surface area contributed by atoms with E-state index in [1.807, 2.05) is 30.3 Å². The molecule has 0 radical (unpaired) electrons. The molecule has 2 aromatic rings. The Morgan fingerprint density at radius 1 is 1.07 bits per heavy atom. The summed E-state index contributed by atoms with van der Waals surface area (Å²) < 4.78 is 20.3. The van der Waals surface area contributed by atoms with E-state index in [2.05, 4.69) is 5.32 Å². The molecule has 4 atom stereocenters. The fourth-order valence-corrected chi connectivity index (χ4v) is 3.58. The van der Waals surface area contributed by atoms with Crippen molar-refractivity contribution in [3.05, 3.63) is 71.8 Å². The van der Waals surface area contributed by atoms with E-state index in [1.54, 1.807) is 35.2 Å². The van der Waals surface area contributed by atoms with Crippen LogP contribution in [0.4, 0.5) is 4.39 Å². The van der Waals surface area contributed by atoms with Crippen molar-refractivity contribution in [2.24, 2.45) is 0 Å². The summed E-state index contributed by atoms with van der Waals surface area (Å²) in [5.74, 6) is -0.802. The Balaban J connectivity index is 1.76. The molecule has 1 heterocycles. The number of halogens is 1. The number of benzene rings is 2. The topological polar surface area (TPSA) is 78.9 Å². The van der Waals surface area contributed by atoms with Crippen LogP contribution < -0.4 is 5.32 Å². The number of carbonyl (C=O) groups is 2. The fraction of sp³-hybridized carbons (Fsp3) is 0.364. The van der Waals surface area contributed by atoms with Gasteiger partial charge in [-0.15, -0.1) is 0 Å². The molecule has 2 aromatic carbocycles. The molecular weight excluding hydrogens is 375 g/mol. The van der Waals surface area contributed by atoms with Crippen molar-refractivity contribution in [2.45, 2.75) is 37.8 Å². The number of hydrogen-bond donors (Lipinski definition) is 2. The molecule has 7 heteroatoms. The molecular formula is C22H25FN2O4. The van der Waals surface area contributed by atoms with E-state index >= 15 is 0 Å². The summed E-state index contributed by atoms with van der Waals surface area (Å²) in [6.45, 7) is 1.62. The second-order valence-corrected chi connectivity index (χ2v) is 7.13. The van der Waals surface area contributed by atoms with Crippen LogP contribution in [-0.4, -0.2) is 59.4 Å². The molecule has 3 rings (SSSR count). The normalized spacial score (nSPS) is 24.2. The minimum absolute atomic E-state index is 0.0591. The van der Waals surface area contributed by atoms with E-state index in [0.29, 0.717) is 12.1 Å². The third kappa shape index (κ3) is 5.19. The quantitative estimate of drug-likeness (QED) is 0.695. The standard InChI is InChI=1S/C22H25FN2O4/c1-15(26)24-12-18-20(23)21(27)19(25(18)13-16-8-4-2-5-9-16)14-29-22(28)17-10-6-3-7-11-17/h2-11,18-21,27H,12-14H2,1H3,(H,24,26)/t18-,19-,20-,21-/m1/s1. The molecule has 0 spiro atoms. The molecule has 1 saturated heterocycles. The number of aliphatic hydroxyl groups excluding tert-OH is 1. The number of nitrogens with one attached hydrogen (secondary N) is 1. The Kier molecular flexibility index (Phi) is 6.95. The SMILES string of the molecule is CC(=O)NC[C@@H]1[C@@H](F)[C@H](O)[C@@H](COC(=O)c2ccccc2)N1Cc1ccccc1. The van der Waals surface area contributed by atoms with Gasteiger partial charge in [-0.05, 0) is 17.7 Å². The van der Waals surface area contributed by atoms with Crippen LogP contribution >= 0.6 is 0 Å². The van der Waals surface area contributed by atoms with E-state index in [0.717, 1.165) is 5.56 Å². The number of alkyl halides is 1. The van der Waals surface area contributed by atoms with E-state index in [4.69, 9.17) is 4.74 Å². The van der Waals surface area contributed by atoms with Crippen molar-refractivity contribution in [2.75, 3.05) is 13.2 Å². The van der Waals surface area contributed by atoms with Crippen molar-refractivity contribution >= 4 is 11.9 Å². The van der Waals surface area contributed by atoms with Crippen molar-refractivity contribution < 1.29 is 23.8 Å². The Morgan fingerprint density at radius 2 is 1.69 bits per heavy atom. The van der Waals surface area contributed by atoms with Gasteiger partial charge in [-0.25, -0.2) is 9.18 Å². The highest BCUT2D eigenvalue weighted by Gasteiger charge is 2.49. The van der Waals surface area contributed by atoms with Gasteiger partial charge in [-0.1, -0.05) is 48.5 Å². The lowest BCUT2D eigenvalue weighted by Gasteiger charge is -2.30. The second kappa shape index (κ2) is 9.62. The van der Waals surface area contributed by atoms with E-state index in [1.165, 1.54) is 6.92 Å². The zero-order valence-corrected chi connectivity index (χ0v) is 16.2. The molecule has 0 unspecified atom stereocenters. The number of carbonyl (C=O) groups excluding carboxylic acids is 2. The predicted molar refractivity (Wildman–Crippen MR) is 106 cm³/mol. The fourth-order valence-electron chi connectivity index (χ4n) is 3.58. The summed E-state index contributed by atoms with van der Waals surface area (Å²) in [7, 11) is 0. The summed E-state index contributed by atoms with van der Waals surface area (Å²) in [4.78, 5) is 25.4. The number of rotatable bonds is 7. The predicted octanol–water partition coefficient (Wildman–Crippen LogP) is 1.93. The molecule has 0 aromatic heterocycles. The van der Waals surface area contributed by atoms with Crippen LogP contribution in [0.15, 0.2) is 60.7 Å². The Bertz CT molecular complexity index is 818. The van der Waals surface area contributed by atoms with Gasteiger partial charge < -0.3 is 15.2 Å². The highest BCUT2D eigenvalue weighted by Crippen LogP contribution is 2.30. The summed E-state index contributed by atoms with van der Waals surface area (Å²) in [5, 5.41) is 13.1. The van der Waals surface area contributed by atoms with Gasteiger partial charge in [-0.2, -0.15) is 0 Å². The lowest BCUT2D eigenvalue weighted by Crippen LogP contribution is -2.46. The molecule has 154 valence electrons. The van der Waals surface area contributed by atoms with Gasteiger partial charge in [0.15, 0.2) is 0 Å². The van der Waals surface area contributed by atoms with Crippen LogP contribution in [0.3, 0.4) is 0 Å². The molecule has 0 bridgehead atoms. The maximum atomic E-state index is 14.9. The van der Waals surface area contributed by atoms with Gasteiger partial charge in [0.25, 0.3) is 0 Å². The highest BCUT2D eigenvalue weighted by molar-refractivity contribution is 5.89. The van der Waals surface area contributed by atoms with Gasteiger partial charge in [0.05, 0.1) is 17.6 Å². The van der Waals surface area contributed by atoms with Crippen LogP contribution in [0.5, 0.6) is 0 Å². The van der Waals surface area contributed by atoms with Gasteiger partial charge in [-0.3, -0.25) is 9.69 Å². The maximum Gasteiger partial charge on any atom is 0.338 e. The molecule has 6 nitrogen and oxygen atoms in total. The van der Waals surface area contributed by atoms with E-state index in [-0.39, 0.29) is 19.1 Å². The third-order valence-electron chi connectivity index (χ3n) is 5.10. The largest absolute Gasteiger partial charge is 0.460 e. The van der Waals surface area contributed by atoms with Gasteiger partial charge >= 0.3 is 5.97 Å². The number of hydrogen-bond acceptors (Lipinski definition) is 5. The number of aliphatic hydroxyl groups is 1. The third-order valence-corrected chi connectivity index (χ3v) is 5.10. The van der Waals surface area contributed by atoms with E-state index in [9.17, 15) is 19.1 Å². The average Bonchev–Trinajstić information content (AvgIpc) is 2.95. The van der Waals surface area contributed by atoms with Crippen molar-refractivity contribution in [1.29, 1.82) is 0 Å². The van der Waals surface area contributed by atoms with Crippen LogP contribution in [0.1, 0.15) is 22.8 Å². The number of nitrogens with zero attached hydrogens (tertiary/aromatic N) is 1. The monoisotopic (exact) mass is 400 g/mol. The van der Waals surface area contributed by atoms with Crippen LogP contribution in [0.2, 0.25) is 0 Å². The highest BCUT2D eigenvalue weighted by atomic mass is 19.1. The summed E-state index contributed by atoms with van der Waals surface area (Å²) in [6.07, 6.45) is -2.91. The summed E-state index contributed by atoms with van der Waals surface area (Å²) in [6, 6.07) is 16.5.